The summed E-state index contributed by atoms with van der Waals surface area (Å²) in [5.74, 6) is -0.845. The maximum atomic E-state index is 7.33. The van der Waals surface area contributed by atoms with Gasteiger partial charge in [0.2, 0.25) is 0 Å². The lowest BCUT2D eigenvalue weighted by Gasteiger charge is -2.43. The minimum atomic E-state index is -2.86. The van der Waals surface area contributed by atoms with Crippen LogP contribution < -0.4 is 20.7 Å². The summed E-state index contributed by atoms with van der Waals surface area (Å²) in [6.45, 7) is 29.5. The summed E-state index contributed by atoms with van der Waals surface area (Å²) < 4.78 is 106. The highest BCUT2D eigenvalue weighted by molar-refractivity contribution is 7.10. The summed E-state index contributed by atoms with van der Waals surface area (Å²) in [4.78, 5) is 0. The molecule has 0 amide bonds. The van der Waals surface area contributed by atoms with Gasteiger partial charge in [-0.3, -0.25) is 0 Å². The van der Waals surface area contributed by atoms with Gasteiger partial charge in [-0.2, -0.15) is 0 Å². The summed E-state index contributed by atoms with van der Waals surface area (Å²) >= 11 is 0. The lowest BCUT2D eigenvalue weighted by atomic mass is 10.0. The molecule has 4 aromatic carbocycles. The van der Waals surface area contributed by atoms with Crippen molar-refractivity contribution < 1.29 is 74.3 Å². The third-order valence-electron chi connectivity index (χ3n) is 18.9. The van der Waals surface area contributed by atoms with Crippen molar-refractivity contribution in [1.82, 2.24) is 0 Å². The molecule has 5 aliphatic heterocycles. The fourth-order valence-electron chi connectivity index (χ4n) is 14.1. The number of unbranched alkanes of at least 4 members (excludes halogenated alkanes) is 1. The molecule has 0 N–H and O–H groups in total. The molecule has 0 aliphatic carbocycles. The number of rotatable bonds is 30. The fraction of sp³-hybridized carbons (Fsp3) is 0.612. The largest absolute Gasteiger partial charge is 0.405 e. The fourth-order valence-corrected chi connectivity index (χ4v) is 24.9. The van der Waals surface area contributed by atoms with E-state index in [1.807, 2.05) is 30.3 Å². The van der Waals surface area contributed by atoms with Crippen LogP contribution in [0, 0.1) is 29.6 Å². The van der Waals surface area contributed by atoms with Gasteiger partial charge in [-0.1, -0.05) is 204 Å². The van der Waals surface area contributed by atoms with Gasteiger partial charge in [0.05, 0.1) is 70.2 Å². The molecule has 4 aromatic rings. The van der Waals surface area contributed by atoms with Crippen molar-refractivity contribution in [2.24, 2.45) is 29.6 Å². The van der Waals surface area contributed by atoms with E-state index in [-0.39, 0.29) is 83.9 Å². The van der Waals surface area contributed by atoms with E-state index in [0.29, 0.717) is 19.8 Å². The molecule has 0 radical (unpaired) electrons. The molecule has 22 heteroatoms. The van der Waals surface area contributed by atoms with Crippen molar-refractivity contribution in [1.29, 1.82) is 0 Å². The normalized spacial score (nSPS) is 33.6. The van der Waals surface area contributed by atoms with Crippen molar-refractivity contribution in [2.75, 3.05) is 39.6 Å². The first-order valence-corrected chi connectivity index (χ1v) is 37.4. The topological polar surface area (TPSA) is 148 Å². The van der Waals surface area contributed by atoms with Crippen molar-refractivity contribution in [3.63, 3.8) is 0 Å². The van der Waals surface area contributed by atoms with Crippen LogP contribution in [-0.2, 0) is 74.3 Å². The Morgan fingerprint density at radius 2 is 0.663 bits per heavy atom. The number of benzene rings is 4. The Morgan fingerprint density at radius 1 is 0.393 bits per heavy atom. The summed E-state index contributed by atoms with van der Waals surface area (Å²) in [5, 5.41) is 4.36. The molecule has 16 nitrogen and oxygen atoms in total. The average molecular weight is 1340 g/mol. The average Bonchev–Trinajstić information content (AvgIpc) is 1.48. The standard InChI is InChI=1S/C67H100O16P4Si2/c1-13-14-27-36-68-61-42(2)56(79-65-46(6)60(83-87)53(78-65)39-71-64-45(5)59(82-86)55(77-64)41-73-89(67(10,11)12,49-32-23-17-24-33-49)50-34-25-18-26-35-50)51(74-61)37-69-62-43(3)57(80-84)52(75-62)38-70-63-44(4)58(81-85)54(76-63)40-72-88(66(7,8)9,47-28-19-15-20-29-47)48-30-21-16-22-31-48/h13,15-26,28-35,42-46,51-65H,1,14,27,36-41,84-87H2,2-12H3. The molecule has 0 spiro atoms. The van der Waals surface area contributed by atoms with E-state index < -0.39 is 84.7 Å². The van der Waals surface area contributed by atoms with Gasteiger partial charge in [-0.25, -0.2) is 0 Å². The van der Waals surface area contributed by atoms with Gasteiger partial charge < -0.3 is 74.3 Å². The Labute approximate surface area is 541 Å². The zero-order valence-corrected chi connectivity index (χ0v) is 60.5. The van der Waals surface area contributed by atoms with Gasteiger partial charge in [0.1, 0.15) is 30.5 Å². The number of hydrogen-bond donors (Lipinski definition) is 0. The molecule has 5 fully saturated rings. The van der Waals surface area contributed by atoms with Crippen LogP contribution in [0.2, 0.25) is 10.1 Å². The van der Waals surface area contributed by atoms with Gasteiger partial charge in [-0.15, -0.1) is 6.58 Å². The number of hydrogen-bond acceptors (Lipinski definition) is 16. The van der Waals surface area contributed by atoms with Gasteiger partial charge in [0.25, 0.3) is 16.6 Å². The second-order valence-corrected chi connectivity index (χ2v) is 36.5. The predicted molar refractivity (Wildman–Crippen MR) is 363 cm³/mol. The van der Waals surface area contributed by atoms with E-state index in [1.54, 1.807) is 0 Å². The van der Waals surface area contributed by atoms with Gasteiger partial charge >= 0.3 is 0 Å². The molecule has 492 valence electrons. The Morgan fingerprint density at radius 3 is 0.966 bits per heavy atom. The van der Waals surface area contributed by atoms with Gasteiger partial charge in [0, 0.05) is 67.5 Å². The second kappa shape index (κ2) is 32.2. The second-order valence-electron chi connectivity index (χ2n) is 26.8. The molecular weight excluding hydrogens is 1240 g/mol. The minimum Gasteiger partial charge on any atom is -0.405 e. The number of allylic oxidation sites excluding steroid dienone is 1. The van der Waals surface area contributed by atoms with E-state index in [4.69, 9.17) is 74.3 Å². The Hall–Kier alpha value is -1.87. The highest BCUT2D eigenvalue weighted by atomic mass is 31.0. The van der Waals surface area contributed by atoms with Crippen LogP contribution in [0.4, 0.5) is 0 Å². The Bertz CT molecular complexity index is 2680. The molecule has 0 saturated carbocycles. The van der Waals surface area contributed by atoms with Crippen LogP contribution in [0.25, 0.3) is 0 Å². The third kappa shape index (κ3) is 15.7. The first-order chi connectivity index (χ1) is 42.8. The van der Waals surface area contributed by atoms with Crippen LogP contribution in [0.5, 0.6) is 0 Å². The lowest BCUT2D eigenvalue weighted by Crippen LogP contribution is -2.67. The maximum Gasteiger partial charge on any atom is 0.261 e. The van der Waals surface area contributed by atoms with Crippen LogP contribution in [0.1, 0.15) is 89.0 Å². The van der Waals surface area contributed by atoms with Crippen LogP contribution >= 0.6 is 37.9 Å². The molecule has 5 heterocycles. The van der Waals surface area contributed by atoms with Crippen molar-refractivity contribution in [2.45, 2.75) is 192 Å². The maximum absolute atomic E-state index is 7.33. The molecule has 0 bridgehead atoms. The van der Waals surface area contributed by atoms with Crippen molar-refractivity contribution in [3.05, 3.63) is 134 Å². The first-order valence-electron chi connectivity index (χ1n) is 31.7. The van der Waals surface area contributed by atoms with Crippen molar-refractivity contribution in [3.8, 4) is 0 Å². The zero-order chi connectivity index (χ0) is 63.7. The first kappa shape index (κ1) is 71.4. The van der Waals surface area contributed by atoms with E-state index >= 15 is 0 Å². The SMILES string of the molecule is C=CCCCOC1OC(COC2OC(COC3OC(CO[Si](c4ccccc4)(c4ccccc4)C(C)(C)C)C(OP)C3C)C(OP)C2C)C(OC2OC(COC3OC(CO[Si](c4ccccc4)(c4ccccc4)C(C)(C)C)C(OP)C3C)C(OP)C2C)C1C. The summed E-state index contributed by atoms with van der Waals surface area (Å²) in [6.07, 6.45) is -3.79. The molecular formula is C67H100O16P4Si2. The molecule has 5 saturated heterocycles. The van der Waals surface area contributed by atoms with Gasteiger partial charge in [0.15, 0.2) is 31.5 Å². The molecule has 89 heavy (non-hydrogen) atoms. The Balaban J connectivity index is 0.822. The van der Waals surface area contributed by atoms with Gasteiger partial charge in [-0.05, 0) is 43.7 Å². The highest BCUT2D eigenvalue weighted by Gasteiger charge is 2.56. The molecule has 24 unspecified atom stereocenters. The predicted octanol–water partition coefficient (Wildman–Crippen LogP) is 10.1. The van der Waals surface area contributed by atoms with Crippen molar-refractivity contribution >= 4 is 75.2 Å². The lowest BCUT2D eigenvalue weighted by molar-refractivity contribution is -0.226. The van der Waals surface area contributed by atoms with Crippen LogP contribution in [0.15, 0.2) is 134 Å². The number of ether oxygens (including phenoxy) is 10. The van der Waals surface area contributed by atoms with Crippen LogP contribution in [0.3, 0.4) is 0 Å². The molecule has 0 aromatic heterocycles. The quantitative estimate of drug-likeness (QED) is 0.0211. The third-order valence-corrected chi connectivity index (χ3v) is 30.2. The Kier molecular flexibility index (Phi) is 25.9. The van der Waals surface area contributed by atoms with Crippen LogP contribution in [-0.4, -0.2) is 149 Å². The molecule has 24 atom stereocenters. The monoisotopic (exact) mass is 1340 g/mol. The molecule has 5 aliphatic rings. The zero-order valence-electron chi connectivity index (χ0n) is 53.9. The summed E-state index contributed by atoms with van der Waals surface area (Å²) in [7, 11) is 4.01. The highest BCUT2D eigenvalue weighted by Crippen LogP contribution is 2.44. The smallest absolute Gasteiger partial charge is 0.261 e. The van der Waals surface area contributed by atoms with E-state index in [1.165, 1.54) is 20.7 Å². The van der Waals surface area contributed by atoms with E-state index in [9.17, 15) is 0 Å². The van der Waals surface area contributed by atoms with E-state index in [2.05, 4.69) is 218 Å². The minimum absolute atomic E-state index is 0.131. The summed E-state index contributed by atoms with van der Waals surface area (Å²) in [5.41, 5.74) is 0. The molecule has 9 rings (SSSR count). The summed E-state index contributed by atoms with van der Waals surface area (Å²) in [6, 6.07) is 42.4. The van der Waals surface area contributed by atoms with E-state index in [0.717, 1.165) is 12.8 Å².